The molecule has 1 aromatic rings. The van der Waals surface area contributed by atoms with Crippen LogP contribution in [0.5, 0.6) is 0 Å². The molecule has 0 unspecified atom stereocenters. The highest BCUT2D eigenvalue weighted by Gasteiger charge is 2.33. The Hall–Kier alpha value is -1.60. The second-order valence-electron chi connectivity index (χ2n) is 4.13. The van der Waals surface area contributed by atoms with Crippen molar-refractivity contribution >= 4 is 16.0 Å². The van der Waals surface area contributed by atoms with Gasteiger partial charge in [0.15, 0.2) is 0 Å². The van der Waals surface area contributed by atoms with Crippen molar-refractivity contribution in [2.24, 2.45) is 0 Å². The largest absolute Gasteiger partial charge is 0.478 e. The molecule has 0 aromatic carbocycles. The molecule has 0 aliphatic rings. The highest BCUT2D eigenvalue weighted by Crippen LogP contribution is 2.28. The first-order chi connectivity index (χ1) is 8.73. The monoisotopic (exact) mass is 287 g/mol. The third kappa shape index (κ3) is 2.87. The van der Waals surface area contributed by atoms with E-state index in [0.717, 1.165) is 4.31 Å². The lowest BCUT2D eigenvalue weighted by atomic mass is 10.2. The van der Waals surface area contributed by atoms with Gasteiger partial charge in [-0.05, 0) is 20.3 Å². The van der Waals surface area contributed by atoms with E-state index in [9.17, 15) is 13.2 Å². The van der Waals surface area contributed by atoms with Crippen LogP contribution < -0.4 is 0 Å². The molecule has 0 atom stereocenters. The average Bonchev–Trinajstić information content (AvgIpc) is 2.61. The first-order valence-electron chi connectivity index (χ1n) is 5.64. The molecule has 0 saturated carbocycles. The van der Waals surface area contributed by atoms with E-state index >= 15 is 0 Å². The van der Waals surface area contributed by atoms with Crippen LogP contribution in [0.15, 0.2) is 22.0 Å². The number of rotatable bonds is 6. The number of furan rings is 1. The zero-order valence-corrected chi connectivity index (χ0v) is 12.0. The van der Waals surface area contributed by atoms with Crippen molar-refractivity contribution in [2.75, 3.05) is 13.6 Å². The van der Waals surface area contributed by atoms with Gasteiger partial charge in [-0.15, -0.1) is 6.58 Å². The molecule has 0 saturated heterocycles. The zero-order chi connectivity index (χ0) is 14.8. The van der Waals surface area contributed by atoms with Gasteiger partial charge in [0.05, 0.1) is 0 Å². The maximum absolute atomic E-state index is 12.4. The molecule has 0 aliphatic heterocycles. The molecule has 6 nitrogen and oxygen atoms in total. The standard InChI is InChI=1S/C12H17NO5S/c1-5-6-7-13(4)19(16,17)11-9(3)18-8(2)10(11)12(14)15/h5H,1,6-7H2,2-4H3,(H,14,15). The van der Waals surface area contributed by atoms with E-state index in [4.69, 9.17) is 9.52 Å². The Morgan fingerprint density at radius 2 is 2.00 bits per heavy atom. The molecular formula is C12H17NO5S. The van der Waals surface area contributed by atoms with E-state index in [1.54, 1.807) is 6.08 Å². The summed E-state index contributed by atoms with van der Waals surface area (Å²) < 4.78 is 31.0. The van der Waals surface area contributed by atoms with Crippen LogP contribution in [0.25, 0.3) is 0 Å². The molecule has 1 aromatic heterocycles. The van der Waals surface area contributed by atoms with Crippen LogP contribution >= 0.6 is 0 Å². The highest BCUT2D eigenvalue weighted by molar-refractivity contribution is 7.89. The fourth-order valence-electron chi connectivity index (χ4n) is 1.77. The first kappa shape index (κ1) is 15.5. The topological polar surface area (TPSA) is 87.8 Å². The third-order valence-electron chi connectivity index (χ3n) is 2.74. The molecule has 0 bridgehead atoms. The second kappa shape index (κ2) is 5.58. The summed E-state index contributed by atoms with van der Waals surface area (Å²) >= 11 is 0. The fourth-order valence-corrected chi connectivity index (χ4v) is 3.32. The quantitative estimate of drug-likeness (QED) is 0.806. The SMILES string of the molecule is C=CCCN(C)S(=O)(=O)c1c(C)oc(C)c1C(=O)O. The Morgan fingerprint density at radius 3 is 2.47 bits per heavy atom. The van der Waals surface area contributed by atoms with Crippen LogP contribution in [-0.2, 0) is 10.0 Å². The molecule has 0 radical (unpaired) electrons. The van der Waals surface area contributed by atoms with Crippen molar-refractivity contribution in [3.63, 3.8) is 0 Å². The van der Waals surface area contributed by atoms with Gasteiger partial charge in [0.1, 0.15) is 22.0 Å². The lowest BCUT2D eigenvalue weighted by Gasteiger charge is -2.16. The second-order valence-corrected chi connectivity index (χ2v) is 6.11. The number of carboxylic acid groups (broad SMARTS) is 1. The van der Waals surface area contributed by atoms with Crippen molar-refractivity contribution in [1.29, 1.82) is 0 Å². The van der Waals surface area contributed by atoms with Crippen LogP contribution in [-0.4, -0.2) is 37.4 Å². The zero-order valence-electron chi connectivity index (χ0n) is 11.1. The summed E-state index contributed by atoms with van der Waals surface area (Å²) in [5.74, 6) is -1.15. The Bertz CT molecular complexity index is 600. The molecule has 7 heteroatoms. The minimum atomic E-state index is -3.89. The van der Waals surface area contributed by atoms with E-state index < -0.39 is 16.0 Å². The van der Waals surface area contributed by atoms with Crippen molar-refractivity contribution in [1.82, 2.24) is 4.31 Å². The van der Waals surface area contributed by atoms with Crippen LogP contribution in [0.2, 0.25) is 0 Å². The molecule has 19 heavy (non-hydrogen) atoms. The maximum Gasteiger partial charge on any atom is 0.340 e. The molecule has 1 rings (SSSR count). The first-order valence-corrected chi connectivity index (χ1v) is 7.08. The average molecular weight is 287 g/mol. The lowest BCUT2D eigenvalue weighted by molar-refractivity contribution is 0.0691. The van der Waals surface area contributed by atoms with E-state index in [-0.39, 0.29) is 28.5 Å². The molecule has 106 valence electrons. The summed E-state index contributed by atoms with van der Waals surface area (Å²) in [7, 11) is -2.49. The Balaban J connectivity index is 3.36. The Labute approximate surface area is 112 Å². The van der Waals surface area contributed by atoms with Crippen LogP contribution in [0, 0.1) is 13.8 Å². The summed E-state index contributed by atoms with van der Waals surface area (Å²) in [4.78, 5) is 10.9. The molecule has 1 heterocycles. The molecular weight excluding hydrogens is 270 g/mol. The number of hydrogen-bond acceptors (Lipinski definition) is 4. The van der Waals surface area contributed by atoms with Gasteiger partial charge in [-0.25, -0.2) is 17.5 Å². The van der Waals surface area contributed by atoms with E-state index in [1.807, 2.05) is 0 Å². The summed E-state index contributed by atoms with van der Waals surface area (Å²) in [6.07, 6.45) is 2.08. The van der Waals surface area contributed by atoms with Gasteiger partial charge in [0.25, 0.3) is 0 Å². The number of carbonyl (C=O) groups is 1. The summed E-state index contributed by atoms with van der Waals surface area (Å²) in [5, 5.41) is 9.12. The fraction of sp³-hybridized carbons (Fsp3) is 0.417. The van der Waals surface area contributed by atoms with E-state index in [1.165, 1.54) is 20.9 Å². The number of nitrogens with zero attached hydrogens (tertiary/aromatic N) is 1. The van der Waals surface area contributed by atoms with Gasteiger partial charge < -0.3 is 9.52 Å². The van der Waals surface area contributed by atoms with Crippen LogP contribution in [0.3, 0.4) is 0 Å². The summed E-state index contributed by atoms with van der Waals surface area (Å²) in [6.45, 7) is 6.62. The predicted octanol–water partition coefficient (Wildman–Crippen LogP) is 1.79. The summed E-state index contributed by atoms with van der Waals surface area (Å²) in [5.41, 5.74) is -0.303. The highest BCUT2D eigenvalue weighted by atomic mass is 32.2. The number of aromatic carboxylic acids is 1. The van der Waals surface area contributed by atoms with Crippen molar-refractivity contribution in [3.05, 3.63) is 29.7 Å². The Kier molecular flexibility index (Phi) is 4.54. The number of aryl methyl sites for hydroxylation is 2. The molecule has 0 amide bonds. The Morgan fingerprint density at radius 1 is 1.42 bits per heavy atom. The van der Waals surface area contributed by atoms with Crippen LogP contribution in [0.4, 0.5) is 0 Å². The minimum absolute atomic E-state index is 0.0837. The van der Waals surface area contributed by atoms with Gasteiger partial charge in [0, 0.05) is 13.6 Å². The number of carboxylic acids is 1. The normalized spacial score (nSPS) is 11.8. The lowest BCUT2D eigenvalue weighted by Crippen LogP contribution is -2.29. The molecule has 0 spiro atoms. The minimum Gasteiger partial charge on any atom is -0.478 e. The molecule has 0 aliphatic carbocycles. The number of sulfonamides is 1. The van der Waals surface area contributed by atoms with Crippen LogP contribution in [0.1, 0.15) is 28.3 Å². The van der Waals surface area contributed by atoms with Gasteiger partial charge in [-0.1, -0.05) is 6.08 Å². The predicted molar refractivity (Wildman–Crippen MR) is 69.8 cm³/mol. The molecule has 1 N–H and O–H groups in total. The molecule has 0 fully saturated rings. The van der Waals surface area contributed by atoms with Gasteiger partial charge >= 0.3 is 5.97 Å². The van der Waals surface area contributed by atoms with Crippen molar-refractivity contribution in [3.8, 4) is 0 Å². The smallest absolute Gasteiger partial charge is 0.340 e. The number of hydrogen-bond donors (Lipinski definition) is 1. The maximum atomic E-state index is 12.4. The third-order valence-corrected chi connectivity index (χ3v) is 4.75. The van der Waals surface area contributed by atoms with Gasteiger partial charge in [0.2, 0.25) is 10.0 Å². The van der Waals surface area contributed by atoms with E-state index in [0.29, 0.717) is 6.42 Å². The van der Waals surface area contributed by atoms with Crippen molar-refractivity contribution in [2.45, 2.75) is 25.2 Å². The van der Waals surface area contributed by atoms with Crippen molar-refractivity contribution < 1.29 is 22.7 Å². The van der Waals surface area contributed by atoms with Gasteiger partial charge in [-0.2, -0.15) is 0 Å². The van der Waals surface area contributed by atoms with Gasteiger partial charge in [-0.3, -0.25) is 0 Å². The summed E-state index contributed by atoms with van der Waals surface area (Å²) in [6, 6.07) is 0. The van der Waals surface area contributed by atoms with E-state index in [2.05, 4.69) is 6.58 Å².